The quantitative estimate of drug-likeness (QED) is 0.285. The lowest BCUT2D eigenvalue weighted by Gasteiger charge is -2.03. The van der Waals surface area contributed by atoms with E-state index in [0.717, 1.165) is 18.5 Å². The van der Waals surface area contributed by atoms with Crippen molar-refractivity contribution in [2.75, 3.05) is 14.1 Å². The van der Waals surface area contributed by atoms with Crippen LogP contribution in [0.15, 0.2) is 62.7 Å². The Hall–Kier alpha value is -3.43. The Morgan fingerprint density at radius 2 is 1.33 bits per heavy atom. The number of nitro benzene ring substituents is 2. The molecule has 0 saturated carbocycles. The van der Waals surface area contributed by atoms with E-state index in [2.05, 4.69) is 4.40 Å². The second-order valence-corrected chi connectivity index (χ2v) is 8.91. The molecule has 0 atom stereocenters. The van der Waals surface area contributed by atoms with Crippen LogP contribution in [-0.4, -0.2) is 52.0 Å². The van der Waals surface area contributed by atoms with Gasteiger partial charge in [-0.15, -0.1) is 4.40 Å². The van der Waals surface area contributed by atoms with Crippen molar-refractivity contribution < 1.29 is 26.7 Å². The van der Waals surface area contributed by atoms with E-state index in [1.54, 1.807) is 14.1 Å². The Balaban J connectivity index is 0.000000311. The summed E-state index contributed by atoms with van der Waals surface area (Å²) in [4.78, 5) is 20.4. The number of benzene rings is 2. The fourth-order valence-corrected chi connectivity index (χ4v) is 3.26. The van der Waals surface area contributed by atoms with Crippen LogP contribution in [0.25, 0.3) is 0 Å². The van der Waals surface area contributed by atoms with Crippen molar-refractivity contribution in [1.82, 2.24) is 4.90 Å². The first-order valence-electron chi connectivity index (χ1n) is 7.72. The molecule has 0 saturated heterocycles. The maximum absolute atomic E-state index is 11.7. The average Bonchev–Trinajstić information content (AvgIpc) is 2.66. The second kappa shape index (κ2) is 9.86. The van der Waals surface area contributed by atoms with Gasteiger partial charge in [0, 0.05) is 38.4 Å². The minimum absolute atomic E-state index is 0.204. The van der Waals surface area contributed by atoms with E-state index >= 15 is 0 Å². The van der Waals surface area contributed by atoms with Crippen LogP contribution in [0.2, 0.25) is 0 Å². The number of rotatable bonds is 6. The molecular weight excluding hydrogens is 442 g/mol. The minimum Gasteiger partial charge on any atom is -0.368 e. The van der Waals surface area contributed by atoms with Crippen LogP contribution >= 0.6 is 0 Å². The van der Waals surface area contributed by atoms with Crippen molar-refractivity contribution in [2.24, 2.45) is 9.54 Å². The average molecular weight is 459 g/mol. The van der Waals surface area contributed by atoms with Gasteiger partial charge in [0.15, 0.2) is 0 Å². The fourth-order valence-electron chi connectivity index (χ4n) is 1.75. The number of hydrogen-bond acceptors (Lipinski definition) is 8. The zero-order chi connectivity index (χ0) is 23.1. The van der Waals surface area contributed by atoms with Gasteiger partial charge >= 0.3 is 0 Å². The van der Waals surface area contributed by atoms with Crippen molar-refractivity contribution in [1.29, 1.82) is 0 Å². The monoisotopic (exact) mass is 459 g/mol. The number of hydrogen-bond donors (Lipinski definition) is 1. The molecule has 0 amide bonds. The van der Waals surface area contributed by atoms with Gasteiger partial charge in [0.1, 0.15) is 6.34 Å². The van der Waals surface area contributed by atoms with Gasteiger partial charge in [-0.2, -0.15) is 8.42 Å². The molecule has 2 aromatic rings. The standard InChI is InChI=1S/C9H11N3O4S.C6H6N2O4S/c1-11(2)7-10-17(15,16)9-5-3-4-8(6-9)12(13)14;7-13(11,12)6-3-1-2-5(4-6)8(9)10/h3-7H,1-2H3;1-4H,(H2,7,11,12). The first kappa shape index (κ1) is 24.6. The summed E-state index contributed by atoms with van der Waals surface area (Å²) in [5, 5.41) is 25.5. The SMILES string of the molecule is CN(C)C=NS(=O)(=O)c1cccc([N+](=O)[O-])c1.NS(=O)(=O)c1cccc([N+](=O)[O-])c1. The van der Waals surface area contributed by atoms with Gasteiger partial charge in [-0.25, -0.2) is 13.6 Å². The zero-order valence-electron chi connectivity index (χ0n) is 15.6. The van der Waals surface area contributed by atoms with Crippen LogP contribution < -0.4 is 5.14 Å². The summed E-state index contributed by atoms with van der Waals surface area (Å²) < 4.78 is 48.2. The Labute approximate surface area is 171 Å². The first-order chi connectivity index (χ1) is 13.7. The van der Waals surface area contributed by atoms with Crippen molar-refractivity contribution in [3.8, 4) is 0 Å². The predicted molar refractivity (Wildman–Crippen MR) is 107 cm³/mol. The van der Waals surface area contributed by atoms with E-state index in [1.807, 2.05) is 0 Å². The highest BCUT2D eigenvalue weighted by atomic mass is 32.2. The summed E-state index contributed by atoms with van der Waals surface area (Å²) in [7, 11) is -4.52. The lowest BCUT2D eigenvalue weighted by atomic mass is 10.3. The molecule has 0 fully saturated rings. The molecule has 0 aliphatic carbocycles. The van der Waals surface area contributed by atoms with Crippen molar-refractivity contribution in [3.05, 3.63) is 68.8 Å². The van der Waals surface area contributed by atoms with E-state index in [1.165, 1.54) is 41.3 Å². The summed E-state index contributed by atoms with van der Waals surface area (Å²) >= 11 is 0. The summed E-state index contributed by atoms with van der Waals surface area (Å²) in [6, 6.07) is 9.31. The second-order valence-electron chi connectivity index (χ2n) is 5.71. The highest BCUT2D eigenvalue weighted by molar-refractivity contribution is 7.90. The van der Waals surface area contributed by atoms with Gasteiger partial charge in [-0.05, 0) is 12.1 Å². The Morgan fingerprint density at radius 1 is 0.900 bits per heavy atom. The number of non-ortho nitro benzene ring substituents is 2. The maximum atomic E-state index is 11.7. The number of nitro groups is 2. The third kappa shape index (κ3) is 7.53. The van der Waals surface area contributed by atoms with Crippen molar-refractivity contribution in [2.45, 2.75) is 9.79 Å². The molecule has 0 aliphatic rings. The fraction of sp³-hybridized carbons (Fsp3) is 0.133. The molecule has 2 rings (SSSR count). The highest BCUT2D eigenvalue weighted by Gasteiger charge is 2.16. The van der Waals surface area contributed by atoms with Crippen LogP contribution in [0.1, 0.15) is 0 Å². The normalized spacial score (nSPS) is 11.4. The van der Waals surface area contributed by atoms with E-state index in [-0.39, 0.29) is 21.2 Å². The van der Waals surface area contributed by atoms with Crippen molar-refractivity contribution in [3.63, 3.8) is 0 Å². The minimum atomic E-state index is -3.89. The molecule has 13 nitrogen and oxygen atoms in total. The van der Waals surface area contributed by atoms with Gasteiger partial charge in [0.05, 0.1) is 19.6 Å². The molecule has 0 radical (unpaired) electrons. The summed E-state index contributed by atoms with van der Waals surface area (Å²) in [5.74, 6) is 0. The van der Waals surface area contributed by atoms with Crippen molar-refractivity contribution >= 4 is 37.8 Å². The molecule has 0 aromatic heterocycles. The maximum Gasteiger partial charge on any atom is 0.283 e. The van der Waals surface area contributed by atoms with Gasteiger partial charge < -0.3 is 4.90 Å². The highest BCUT2D eigenvalue weighted by Crippen LogP contribution is 2.19. The summed E-state index contributed by atoms with van der Waals surface area (Å²) in [6.45, 7) is 0. The molecule has 0 heterocycles. The van der Waals surface area contributed by atoms with E-state index in [0.29, 0.717) is 0 Å². The Bertz CT molecular complexity index is 1180. The molecule has 0 aliphatic heterocycles. The lowest BCUT2D eigenvalue weighted by molar-refractivity contribution is -0.385. The third-order valence-electron chi connectivity index (χ3n) is 3.10. The van der Waals surface area contributed by atoms with Crippen LogP contribution in [0.4, 0.5) is 11.4 Å². The molecule has 2 aromatic carbocycles. The van der Waals surface area contributed by atoms with Crippen LogP contribution in [0.5, 0.6) is 0 Å². The molecule has 30 heavy (non-hydrogen) atoms. The van der Waals surface area contributed by atoms with E-state index in [4.69, 9.17) is 5.14 Å². The largest absolute Gasteiger partial charge is 0.368 e. The topological polar surface area (TPSA) is 196 Å². The first-order valence-corrected chi connectivity index (χ1v) is 10.7. The molecule has 0 unspecified atom stereocenters. The van der Waals surface area contributed by atoms with Gasteiger partial charge in [-0.3, -0.25) is 20.2 Å². The number of primary sulfonamides is 1. The smallest absolute Gasteiger partial charge is 0.283 e. The third-order valence-corrected chi connectivity index (χ3v) is 5.23. The summed E-state index contributed by atoms with van der Waals surface area (Å²) in [6.07, 6.45) is 1.12. The number of nitrogens with zero attached hydrogens (tertiary/aromatic N) is 4. The number of nitrogens with two attached hydrogens (primary N) is 1. The van der Waals surface area contributed by atoms with Crippen LogP contribution in [-0.2, 0) is 20.0 Å². The Morgan fingerprint density at radius 3 is 1.73 bits per heavy atom. The lowest BCUT2D eigenvalue weighted by Crippen LogP contribution is -2.12. The van der Waals surface area contributed by atoms with Crippen LogP contribution in [0.3, 0.4) is 0 Å². The molecule has 162 valence electrons. The van der Waals surface area contributed by atoms with Gasteiger partial charge in [0.2, 0.25) is 10.0 Å². The summed E-state index contributed by atoms with van der Waals surface area (Å²) in [5.41, 5.74) is -0.586. The Kier molecular flexibility index (Phi) is 8.09. The van der Waals surface area contributed by atoms with Gasteiger partial charge in [0.25, 0.3) is 21.4 Å². The molecule has 2 N–H and O–H groups in total. The van der Waals surface area contributed by atoms with Crippen LogP contribution in [0, 0.1) is 20.2 Å². The molecule has 0 spiro atoms. The zero-order valence-corrected chi connectivity index (χ0v) is 17.3. The van der Waals surface area contributed by atoms with E-state index < -0.39 is 29.9 Å². The molecular formula is C15H17N5O8S2. The van der Waals surface area contributed by atoms with Gasteiger partial charge in [-0.1, -0.05) is 12.1 Å². The number of sulfonamides is 2. The van der Waals surface area contributed by atoms with E-state index in [9.17, 15) is 37.1 Å². The molecule has 15 heteroatoms. The predicted octanol–water partition coefficient (Wildman–Crippen LogP) is 1.12. The molecule has 0 bridgehead atoms.